The fraction of sp³-hybridized carbons (Fsp3) is 0.300. The van der Waals surface area contributed by atoms with Gasteiger partial charge in [-0.25, -0.2) is 8.42 Å². The van der Waals surface area contributed by atoms with E-state index in [-0.39, 0.29) is 0 Å². The van der Waals surface area contributed by atoms with Gasteiger partial charge >= 0.3 is 0 Å². The Hall–Kier alpha value is -1.29. The molecule has 0 unspecified atom stereocenters. The standard InChI is InChI=1S/C20H18Cl2O2S/c1-25(23,24)15-5-2-13(3-6-15)16-11-20(8-9-20)12-17(16)14-4-7-18(21)19(22)10-14/h2-7,10H,8-9,11-12H2,1H3. The molecule has 25 heavy (non-hydrogen) atoms. The molecular formula is C20H18Cl2O2S. The summed E-state index contributed by atoms with van der Waals surface area (Å²) in [5, 5.41) is 1.12. The fourth-order valence-corrected chi connectivity index (χ4v) is 4.62. The van der Waals surface area contributed by atoms with Crippen molar-refractivity contribution < 1.29 is 8.42 Å². The van der Waals surface area contributed by atoms with Gasteiger partial charge in [0.25, 0.3) is 0 Å². The Morgan fingerprint density at radius 1 is 0.840 bits per heavy atom. The molecule has 2 aromatic rings. The number of hydrogen-bond donors (Lipinski definition) is 0. The second-order valence-electron chi connectivity index (χ2n) is 7.24. The summed E-state index contributed by atoms with van der Waals surface area (Å²) in [5.41, 5.74) is 5.21. The van der Waals surface area contributed by atoms with Gasteiger partial charge in [0.2, 0.25) is 0 Å². The van der Waals surface area contributed by atoms with Crippen LogP contribution in [-0.2, 0) is 9.84 Å². The normalized spacial score (nSPS) is 18.8. The molecule has 5 heteroatoms. The predicted octanol–water partition coefficient (Wildman–Crippen LogP) is 5.88. The molecule has 2 aliphatic rings. The number of benzene rings is 2. The first-order chi connectivity index (χ1) is 11.8. The highest BCUT2D eigenvalue weighted by Gasteiger charge is 2.48. The van der Waals surface area contributed by atoms with Gasteiger partial charge in [-0.15, -0.1) is 0 Å². The summed E-state index contributed by atoms with van der Waals surface area (Å²) in [5.74, 6) is 0. The third kappa shape index (κ3) is 3.25. The van der Waals surface area contributed by atoms with E-state index in [1.54, 1.807) is 12.1 Å². The fourth-order valence-electron chi connectivity index (χ4n) is 3.70. The summed E-state index contributed by atoms with van der Waals surface area (Å²) >= 11 is 12.3. The molecule has 0 aliphatic heterocycles. The number of halogens is 2. The summed E-state index contributed by atoms with van der Waals surface area (Å²) in [6.07, 6.45) is 5.83. The second-order valence-corrected chi connectivity index (χ2v) is 10.1. The number of rotatable bonds is 3. The Morgan fingerprint density at radius 3 is 1.92 bits per heavy atom. The Bertz CT molecular complexity index is 985. The number of sulfone groups is 1. The van der Waals surface area contributed by atoms with E-state index in [9.17, 15) is 8.42 Å². The SMILES string of the molecule is CS(=O)(=O)c1ccc(C2=C(c3ccc(Cl)c(Cl)c3)CC3(CC3)C2)cc1. The number of allylic oxidation sites excluding steroid dienone is 2. The van der Waals surface area contributed by atoms with Crippen LogP contribution in [-0.4, -0.2) is 14.7 Å². The molecule has 0 radical (unpaired) electrons. The average molecular weight is 393 g/mol. The van der Waals surface area contributed by atoms with Gasteiger partial charge < -0.3 is 0 Å². The zero-order chi connectivity index (χ0) is 17.8. The smallest absolute Gasteiger partial charge is 0.175 e. The summed E-state index contributed by atoms with van der Waals surface area (Å²) in [7, 11) is -3.18. The van der Waals surface area contributed by atoms with Crippen LogP contribution in [0, 0.1) is 5.41 Å². The lowest BCUT2D eigenvalue weighted by Crippen LogP contribution is -1.97. The highest BCUT2D eigenvalue weighted by Crippen LogP contribution is 2.63. The van der Waals surface area contributed by atoms with E-state index in [4.69, 9.17) is 23.2 Å². The van der Waals surface area contributed by atoms with Crippen molar-refractivity contribution >= 4 is 44.2 Å². The Balaban J connectivity index is 1.79. The van der Waals surface area contributed by atoms with Gasteiger partial charge in [-0.1, -0.05) is 41.4 Å². The van der Waals surface area contributed by atoms with Gasteiger partial charge in [0.1, 0.15) is 0 Å². The molecular weight excluding hydrogens is 375 g/mol. The molecule has 2 nitrogen and oxygen atoms in total. The minimum absolute atomic E-state index is 0.354. The lowest BCUT2D eigenvalue weighted by atomic mass is 9.97. The second kappa shape index (κ2) is 5.87. The summed E-state index contributed by atoms with van der Waals surface area (Å²) in [6.45, 7) is 0. The first kappa shape index (κ1) is 17.1. The summed E-state index contributed by atoms with van der Waals surface area (Å²) in [4.78, 5) is 0.354. The molecule has 1 spiro atoms. The Kier molecular flexibility index (Phi) is 4.02. The molecule has 1 fully saturated rings. The van der Waals surface area contributed by atoms with E-state index in [1.807, 2.05) is 30.3 Å². The van der Waals surface area contributed by atoms with Gasteiger partial charge in [0.05, 0.1) is 14.9 Å². The van der Waals surface area contributed by atoms with Crippen LogP contribution in [0.1, 0.15) is 36.8 Å². The first-order valence-electron chi connectivity index (χ1n) is 8.25. The van der Waals surface area contributed by atoms with Crippen LogP contribution in [0.25, 0.3) is 11.1 Å². The van der Waals surface area contributed by atoms with Gasteiger partial charge in [-0.05, 0) is 77.6 Å². The van der Waals surface area contributed by atoms with Crippen LogP contribution in [0.4, 0.5) is 0 Å². The molecule has 2 aromatic carbocycles. The molecule has 0 aromatic heterocycles. The zero-order valence-corrected chi connectivity index (χ0v) is 16.2. The molecule has 0 saturated heterocycles. The molecule has 0 N–H and O–H groups in total. The largest absolute Gasteiger partial charge is 0.224 e. The van der Waals surface area contributed by atoms with Crippen molar-refractivity contribution in [1.82, 2.24) is 0 Å². The summed E-state index contributed by atoms with van der Waals surface area (Å²) < 4.78 is 23.4. The first-order valence-corrected chi connectivity index (χ1v) is 10.9. The zero-order valence-electron chi connectivity index (χ0n) is 13.9. The molecule has 0 bridgehead atoms. The quantitative estimate of drug-likeness (QED) is 0.652. The van der Waals surface area contributed by atoms with E-state index in [0.29, 0.717) is 20.4 Å². The molecule has 130 valence electrons. The van der Waals surface area contributed by atoms with Crippen molar-refractivity contribution in [3.63, 3.8) is 0 Å². The Morgan fingerprint density at radius 2 is 1.40 bits per heavy atom. The van der Waals surface area contributed by atoms with Crippen molar-refractivity contribution in [1.29, 1.82) is 0 Å². The monoisotopic (exact) mass is 392 g/mol. The van der Waals surface area contributed by atoms with E-state index in [1.165, 1.54) is 30.2 Å². The Labute approximate surface area is 158 Å². The van der Waals surface area contributed by atoms with E-state index in [2.05, 4.69) is 0 Å². The topological polar surface area (TPSA) is 34.1 Å². The predicted molar refractivity (Wildman–Crippen MR) is 104 cm³/mol. The maximum Gasteiger partial charge on any atom is 0.175 e. The van der Waals surface area contributed by atoms with Crippen LogP contribution in [0.15, 0.2) is 47.4 Å². The van der Waals surface area contributed by atoms with E-state index >= 15 is 0 Å². The third-order valence-electron chi connectivity index (χ3n) is 5.32. The molecule has 4 rings (SSSR count). The van der Waals surface area contributed by atoms with Crippen LogP contribution in [0.5, 0.6) is 0 Å². The molecule has 1 saturated carbocycles. The van der Waals surface area contributed by atoms with Crippen LogP contribution >= 0.6 is 23.2 Å². The van der Waals surface area contributed by atoms with Crippen molar-refractivity contribution in [2.45, 2.75) is 30.6 Å². The van der Waals surface area contributed by atoms with Crippen LogP contribution < -0.4 is 0 Å². The minimum Gasteiger partial charge on any atom is -0.224 e. The van der Waals surface area contributed by atoms with Crippen molar-refractivity contribution in [2.75, 3.05) is 6.26 Å². The van der Waals surface area contributed by atoms with Gasteiger partial charge in [0.15, 0.2) is 9.84 Å². The molecule has 0 atom stereocenters. The molecule has 0 amide bonds. The van der Waals surface area contributed by atoms with Crippen molar-refractivity contribution in [2.24, 2.45) is 5.41 Å². The summed E-state index contributed by atoms with van der Waals surface area (Å²) in [6, 6.07) is 13.0. The third-order valence-corrected chi connectivity index (χ3v) is 7.19. The molecule has 2 aliphatic carbocycles. The van der Waals surface area contributed by atoms with Gasteiger partial charge in [-0.2, -0.15) is 0 Å². The highest BCUT2D eigenvalue weighted by molar-refractivity contribution is 7.90. The average Bonchev–Trinajstić information content (AvgIpc) is 3.20. The minimum atomic E-state index is -3.18. The molecule has 0 heterocycles. The maximum atomic E-state index is 11.7. The van der Waals surface area contributed by atoms with E-state index < -0.39 is 9.84 Å². The number of hydrogen-bond acceptors (Lipinski definition) is 2. The lowest BCUT2D eigenvalue weighted by Gasteiger charge is -2.10. The van der Waals surface area contributed by atoms with Gasteiger partial charge in [0, 0.05) is 6.26 Å². The highest BCUT2D eigenvalue weighted by atomic mass is 35.5. The van der Waals surface area contributed by atoms with Crippen LogP contribution in [0.2, 0.25) is 10.0 Å². The van der Waals surface area contributed by atoms with Crippen LogP contribution in [0.3, 0.4) is 0 Å². The van der Waals surface area contributed by atoms with E-state index in [0.717, 1.165) is 24.0 Å². The van der Waals surface area contributed by atoms with Gasteiger partial charge in [-0.3, -0.25) is 0 Å². The lowest BCUT2D eigenvalue weighted by molar-refractivity contribution is 0.568. The van der Waals surface area contributed by atoms with Crippen molar-refractivity contribution in [3.05, 3.63) is 63.6 Å². The van der Waals surface area contributed by atoms with Crippen molar-refractivity contribution in [3.8, 4) is 0 Å². The maximum absolute atomic E-state index is 11.7.